The normalized spacial score (nSPS) is 13.7. The van der Waals surface area contributed by atoms with Gasteiger partial charge in [0.25, 0.3) is 17.7 Å². The maximum absolute atomic E-state index is 15.0. The minimum Gasteiger partial charge on any atom is -0.510 e. The summed E-state index contributed by atoms with van der Waals surface area (Å²) in [4.78, 5) is 71.1. The molecule has 0 radical (unpaired) electrons. The molecule has 2 rings (SSSR count). The van der Waals surface area contributed by atoms with E-state index in [4.69, 9.17) is 0 Å². The van der Waals surface area contributed by atoms with Crippen molar-refractivity contribution in [1.82, 2.24) is 9.80 Å². The van der Waals surface area contributed by atoms with E-state index in [1.807, 2.05) is 9.80 Å². The molecule has 3 N–H and O–H groups in total. The predicted octanol–water partition coefficient (Wildman–Crippen LogP) is 13.9. The van der Waals surface area contributed by atoms with Gasteiger partial charge in [-0.25, -0.2) is 0 Å². The van der Waals surface area contributed by atoms with E-state index >= 15 is 9.59 Å². The van der Waals surface area contributed by atoms with Gasteiger partial charge in [0.1, 0.15) is 11.5 Å². The first-order valence-electron chi connectivity index (χ1n) is 25.4. The number of carbonyl (C=O) groups excluding carboxylic acids is 5. The zero-order valence-electron chi connectivity index (χ0n) is 42.5. The Morgan fingerprint density at radius 3 is 1.24 bits per heavy atom. The molecule has 4 amide bonds. The van der Waals surface area contributed by atoms with Gasteiger partial charge in [-0.1, -0.05) is 132 Å². The zero-order valence-corrected chi connectivity index (χ0v) is 42.5. The van der Waals surface area contributed by atoms with Gasteiger partial charge in [-0.05, 0) is 106 Å². The van der Waals surface area contributed by atoms with Crippen LogP contribution in [0.1, 0.15) is 199 Å². The number of benzene rings is 2. The maximum Gasteiger partial charge on any atom is 0.279 e. The lowest BCUT2D eigenvalue weighted by Gasteiger charge is -2.32. The SMILES string of the molecule is CCCCC(CC)CN(CC(CC)CCCC)C(=O)c1cc(N=NC(C(=O)Nc2ccc(NC(=O)CC(C)=O)cc2)=C(C)O)cc(C(=O)N(CC(CC)CCCC)CC(CC)CCCC)c1. The number of nitrogens with one attached hydrogen (secondary N) is 2. The van der Waals surface area contributed by atoms with Crippen molar-refractivity contribution >= 4 is 46.5 Å². The van der Waals surface area contributed by atoms with Crippen LogP contribution in [0.5, 0.6) is 0 Å². The zero-order chi connectivity index (χ0) is 49.0. The quantitative estimate of drug-likeness (QED) is 0.0280. The summed E-state index contributed by atoms with van der Waals surface area (Å²) in [5.74, 6) is -0.799. The highest BCUT2D eigenvalue weighted by molar-refractivity contribution is 6.05. The molecule has 0 aliphatic carbocycles. The standard InChI is InChI=1S/C54H86N6O6/c1-11-19-23-41(15-5)35-59(36-42(16-6)24-20-12-2)53(65)45-32-46(54(66)60(37-43(17-7)25-21-13-3)38-44(18-8)26-22-14-4)34-49(33-45)57-58-51(40(10)62)52(64)56-48-29-27-47(28-30-48)55-50(63)31-39(9)61/h27-30,32-34,41-44,62H,11-26,31,35-38H2,1-10H3,(H,55,63)(H,56,64). The summed E-state index contributed by atoms with van der Waals surface area (Å²) >= 11 is 0. The van der Waals surface area contributed by atoms with E-state index in [2.05, 4.69) is 76.3 Å². The molecule has 66 heavy (non-hydrogen) atoms. The number of allylic oxidation sites excluding steroid dienone is 1. The molecular weight excluding hydrogens is 829 g/mol. The van der Waals surface area contributed by atoms with Gasteiger partial charge in [-0.15, -0.1) is 5.11 Å². The fourth-order valence-electron chi connectivity index (χ4n) is 8.33. The number of Topliss-reactive ketones (excluding diaryl/α,β-unsaturated/α-hetero) is 1. The Kier molecular flexibility index (Phi) is 27.7. The molecule has 0 spiro atoms. The molecule has 368 valence electrons. The molecule has 0 saturated heterocycles. The molecule has 0 aliphatic heterocycles. The molecule has 0 heterocycles. The van der Waals surface area contributed by atoms with Gasteiger partial charge >= 0.3 is 0 Å². The lowest BCUT2D eigenvalue weighted by Crippen LogP contribution is -2.40. The van der Waals surface area contributed by atoms with Crippen molar-refractivity contribution in [2.24, 2.45) is 33.9 Å². The Morgan fingerprint density at radius 2 is 0.924 bits per heavy atom. The number of hydrogen-bond donors (Lipinski definition) is 3. The minimum absolute atomic E-state index is 0.158. The van der Waals surface area contributed by atoms with E-state index in [0.29, 0.717) is 72.4 Å². The van der Waals surface area contributed by atoms with Crippen LogP contribution in [-0.4, -0.2) is 70.5 Å². The van der Waals surface area contributed by atoms with Crippen LogP contribution >= 0.6 is 0 Å². The molecule has 2 aromatic rings. The van der Waals surface area contributed by atoms with Crippen LogP contribution in [-0.2, 0) is 14.4 Å². The first kappa shape index (κ1) is 57.3. The molecule has 0 bridgehead atoms. The molecule has 4 atom stereocenters. The van der Waals surface area contributed by atoms with Crippen LogP contribution in [0.15, 0.2) is 64.1 Å². The second kappa shape index (κ2) is 31.9. The third-order valence-corrected chi connectivity index (χ3v) is 12.7. The summed E-state index contributed by atoms with van der Waals surface area (Å²) in [5.41, 5.74) is 1.35. The Morgan fingerprint density at radius 1 is 0.561 bits per heavy atom. The average Bonchev–Trinajstić information content (AvgIpc) is 3.30. The van der Waals surface area contributed by atoms with Crippen LogP contribution in [0.2, 0.25) is 0 Å². The molecule has 4 unspecified atom stereocenters. The molecule has 0 fully saturated rings. The van der Waals surface area contributed by atoms with Gasteiger partial charge in [0, 0.05) is 48.7 Å². The number of unbranched alkanes of at least 4 members (excludes halogenated alkanes) is 4. The van der Waals surface area contributed by atoms with E-state index in [1.54, 1.807) is 42.5 Å². The molecule has 12 heteroatoms. The smallest absolute Gasteiger partial charge is 0.279 e. The molecule has 0 aliphatic rings. The van der Waals surface area contributed by atoms with Crippen molar-refractivity contribution in [2.75, 3.05) is 36.8 Å². The third kappa shape index (κ3) is 20.7. The topological polar surface area (TPSA) is 161 Å². The van der Waals surface area contributed by atoms with Crippen molar-refractivity contribution in [2.45, 2.75) is 178 Å². The molecule has 2 aromatic carbocycles. The first-order valence-corrected chi connectivity index (χ1v) is 25.4. The molecule has 0 aromatic heterocycles. The number of ketones is 1. The second-order valence-electron chi connectivity index (χ2n) is 18.4. The highest BCUT2D eigenvalue weighted by Crippen LogP contribution is 2.28. The Hall–Kier alpha value is -4.87. The van der Waals surface area contributed by atoms with E-state index in [9.17, 15) is 19.5 Å². The lowest BCUT2D eigenvalue weighted by molar-refractivity contribution is -0.124. The predicted molar refractivity (Wildman–Crippen MR) is 270 cm³/mol. The fourth-order valence-corrected chi connectivity index (χ4v) is 8.33. The summed E-state index contributed by atoms with van der Waals surface area (Å²) in [7, 11) is 0. The summed E-state index contributed by atoms with van der Waals surface area (Å²) in [5, 5.41) is 24.8. The summed E-state index contributed by atoms with van der Waals surface area (Å²) in [6.07, 6.45) is 16.4. The van der Waals surface area contributed by atoms with E-state index in [-0.39, 0.29) is 41.2 Å². The fraction of sp³-hybridized carbons (Fsp3) is 0.648. The van der Waals surface area contributed by atoms with Crippen LogP contribution in [0.4, 0.5) is 17.1 Å². The van der Waals surface area contributed by atoms with Crippen LogP contribution in [0, 0.1) is 23.7 Å². The number of rotatable bonds is 33. The number of aliphatic hydroxyl groups excluding tert-OH is 1. The highest BCUT2D eigenvalue weighted by Gasteiger charge is 2.27. The first-order chi connectivity index (χ1) is 31.7. The number of amides is 4. The molecular formula is C54H86N6O6. The van der Waals surface area contributed by atoms with E-state index < -0.39 is 11.8 Å². The monoisotopic (exact) mass is 915 g/mol. The van der Waals surface area contributed by atoms with Crippen molar-refractivity contribution in [3.8, 4) is 0 Å². The average molecular weight is 915 g/mol. The molecule has 0 saturated carbocycles. The lowest BCUT2D eigenvalue weighted by atomic mass is 9.94. The molecule has 12 nitrogen and oxygen atoms in total. The van der Waals surface area contributed by atoms with Gasteiger partial charge in [-0.2, -0.15) is 5.11 Å². The largest absolute Gasteiger partial charge is 0.510 e. The second-order valence-corrected chi connectivity index (χ2v) is 18.4. The number of nitrogens with zero attached hydrogens (tertiary/aromatic N) is 4. The van der Waals surface area contributed by atoms with Gasteiger partial charge < -0.3 is 25.5 Å². The van der Waals surface area contributed by atoms with Crippen LogP contribution in [0.3, 0.4) is 0 Å². The van der Waals surface area contributed by atoms with E-state index in [1.165, 1.54) is 13.8 Å². The highest BCUT2D eigenvalue weighted by atomic mass is 16.3. The van der Waals surface area contributed by atoms with Crippen LogP contribution < -0.4 is 10.6 Å². The Balaban J connectivity index is 2.76. The van der Waals surface area contributed by atoms with Crippen LogP contribution in [0.25, 0.3) is 0 Å². The third-order valence-electron chi connectivity index (χ3n) is 12.7. The Labute approximate surface area is 398 Å². The van der Waals surface area contributed by atoms with Gasteiger partial charge in [0.2, 0.25) is 5.91 Å². The van der Waals surface area contributed by atoms with Crippen molar-refractivity contribution in [3.63, 3.8) is 0 Å². The minimum atomic E-state index is -0.737. The van der Waals surface area contributed by atoms with Gasteiger partial charge in [0.15, 0.2) is 5.70 Å². The number of hydrogen-bond acceptors (Lipinski definition) is 8. The van der Waals surface area contributed by atoms with Gasteiger partial charge in [-0.3, -0.25) is 24.0 Å². The summed E-state index contributed by atoms with van der Waals surface area (Å²) in [6, 6.07) is 11.3. The number of azo groups is 1. The maximum atomic E-state index is 15.0. The summed E-state index contributed by atoms with van der Waals surface area (Å²) < 4.78 is 0. The van der Waals surface area contributed by atoms with Crippen molar-refractivity contribution in [3.05, 3.63) is 65.0 Å². The number of anilines is 2. The number of aliphatic hydroxyl groups is 1. The van der Waals surface area contributed by atoms with Crippen molar-refractivity contribution in [1.29, 1.82) is 0 Å². The van der Waals surface area contributed by atoms with Crippen molar-refractivity contribution < 1.29 is 29.1 Å². The Bertz CT molecular complexity index is 1750. The van der Waals surface area contributed by atoms with E-state index in [0.717, 1.165) is 103 Å². The van der Waals surface area contributed by atoms with Gasteiger partial charge in [0.05, 0.1) is 12.1 Å². The summed E-state index contributed by atoms with van der Waals surface area (Å²) in [6.45, 7) is 22.7. The number of carbonyl (C=O) groups is 5.